The van der Waals surface area contributed by atoms with Gasteiger partial charge in [0.25, 0.3) is 5.91 Å². The Morgan fingerprint density at radius 1 is 1.59 bits per heavy atom. The number of carbonyl (C=O) groups excluding carboxylic acids is 1. The highest BCUT2D eigenvalue weighted by atomic mass is 127. The molecular weight excluding hydrogens is 349 g/mol. The summed E-state index contributed by atoms with van der Waals surface area (Å²) >= 11 is 3.79. The van der Waals surface area contributed by atoms with Crippen molar-refractivity contribution in [3.05, 3.63) is 38.4 Å². The minimum Gasteiger partial charge on any atom is -0.352 e. The van der Waals surface area contributed by atoms with Crippen LogP contribution in [-0.2, 0) is 6.54 Å². The van der Waals surface area contributed by atoms with Crippen LogP contribution in [0.5, 0.6) is 0 Å². The molecule has 0 aliphatic heterocycles. The Morgan fingerprint density at radius 2 is 2.47 bits per heavy atom. The van der Waals surface area contributed by atoms with E-state index in [2.05, 4.69) is 33.0 Å². The van der Waals surface area contributed by atoms with E-state index in [1.807, 2.05) is 28.4 Å². The molecule has 6 heteroatoms. The van der Waals surface area contributed by atoms with Gasteiger partial charge in [-0.2, -0.15) is 5.10 Å². The van der Waals surface area contributed by atoms with Crippen molar-refractivity contribution in [1.29, 1.82) is 0 Å². The SMILES string of the molecule is O=C(NCCCn1cccn1)c1csc(I)c1. The number of hydrogen-bond donors (Lipinski definition) is 1. The average molecular weight is 361 g/mol. The van der Waals surface area contributed by atoms with Gasteiger partial charge in [0.1, 0.15) is 0 Å². The van der Waals surface area contributed by atoms with Gasteiger partial charge in [0.2, 0.25) is 0 Å². The summed E-state index contributed by atoms with van der Waals surface area (Å²) < 4.78 is 2.99. The number of amides is 1. The second-order valence-electron chi connectivity index (χ2n) is 3.52. The van der Waals surface area contributed by atoms with Crippen LogP contribution < -0.4 is 5.32 Å². The zero-order valence-electron chi connectivity index (χ0n) is 9.10. The first-order valence-corrected chi connectivity index (χ1v) is 7.21. The Kier molecular flexibility index (Phi) is 4.55. The maximum Gasteiger partial charge on any atom is 0.252 e. The van der Waals surface area contributed by atoms with E-state index >= 15 is 0 Å². The summed E-state index contributed by atoms with van der Waals surface area (Å²) in [6.07, 6.45) is 4.56. The molecule has 0 spiro atoms. The molecule has 1 N–H and O–H groups in total. The number of nitrogens with zero attached hydrogens (tertiary/aromatic N) is 2. The second kappa shape index (κ2) is 6.15. The lowest BCUT2D eigenvalue weighted by atomic mass is 10.3. The highest BCUT2D eigenvalue weighted by Gasteiger charge is 2.06. The fraction of sp³-hybridized carbons (Fsp3) is 0.273. The highest BCUT2D eigenvalue weighted by Crippen LogP contribution is 2.16. The molecule has 2 aromatic rings. The van der Waals surface area contributed by atoms with Crippen LogP contribution in [-0.4, -0.2) is 22.2 Å². The Balaban J connectivity index is 1.70. The topological polar surface area (TPSA) is 46.9 Å². The third kappa shape index (κ3) is 3.81. The van der Waals surface area contributed by atoms with Crippen LogP contribution in [0.2, 0.25) is 0 Å². The van der Waals surface area contributed by atoms with Gasteiger partial charge in [0.05, 0.1) is 8.45 Å². The van der Waals surface area contributed by atoms with Gasteiger partial charge in [0, 0.05) is 30.9 Å². The minimum atomic E-state index is 0.00429. The number of thiophene rings is 1. The predicted octanol–water partition coefficient (Wildman–Crippen LogP) is 2.37. The van der Waals surface area contributed by atoms with E-state index in [-0.39, 0.29) is 5.91 Å². The fourth-order valence-corrected chi connectivity index (χ4v) is 2.73. The molecule has 0 fully saturated rings. The van der Waals surface area contributed by atoms with Gasteiger partial charge in [-0.3, -0.25) is 9.48 Å². The van der Waals surface area contributed by atoms with E-state index in [0.29, 0.717) is 6.54 Å². The van der Waals surface area contributed by atoms with Crippen molar-refractivity contribution >= 4 is 39.8 Å². The van der Waals surface area contributed by atoms with Crippen molar-refractivity contribution in [2.24, 2.45) is 0 Å². The van der Waals surface area contributed by atoms with Gasteiger partial charge in [-0.25, -0.2) is 0 Å². The van der Waals surface area contributed by atoms with E-state index < -0.39 is 0 Å². The lowest BCUT2D eigenvalue weighted by Gasteiger charge is -2.03. The zero-order valence-corrected chi connectivity index (χ0v) is 12.1. The average Bonchev–Trinajstić information content (AvgIpc) is 2.95. The van der Waals surface area contributed by atoms with Crippen LogP contribution in [0.3, 0.4) is 0 Å². The fourth-order valence-electron chi connectivity index (χ4n) is 1.41. The van der Waals surface area contributed by atoms with Crippen molar-refractivity contribution in [2.45, 2.75) is 13.0 Å². The molecule has 1 amide bonds. The molecule has 2 aromatic heterocycles. The van der Waals surface area contributed by atoms with Crippen LogP contribution in [0.1, 0.15) is 16.8 Å². The quantitative estimate of drug-likeness (QED) is 0.657. The molecule has 0 unspecified atom stereocenters. The van der Waals surface area contributed by atoms with E-state index in [1.54, 1.807) is 17.5 Å². The summed E-state index contributed by atoms with van der Waals surface area (Å²) in [5.41, 5.74) is 0.749. The molecule has 4 nitrogen and oxygen atoms in total. The molecule has 0 aliphatic carbocycles. The number of carbonyl (C=O) groups is 1. The normalized spacial score (nSPS) is 10.4. The van der Waals surface area contributed by atoms with Crippen molar-refractivity contribution < 1.29 is 4.79 Å². The summed E-state index contributed by atoms with van der Waals surface area (Å²) in [6, 6.07) is 3.79. The van der Waals surface area contributed by atoms with Crippen LogP contribution >= 0.6 is 33.9 Å². The molecule has 0 bridgehead atoms. The first-order chi connectivity index (χ1) is 8.25. The van der Waals surface area contributed by atoms with Crippen LogP contribution in [0.25, 0.3) is 0 Å². The maximum atomic E-state index is 11.7. The molecule has 0 aliphatic rings. The molecule has 0 saturated heterocycles. The molecular formula is C11H12IN3OS. The van der Waals surface area contributed by atoms with E-state index in [9.17, 15) is 4.79 Å². The lowest BCUT2D eigenvalue weighted by molar-refractivity contribution is 0.0953. The van der Waals surface area contributed by atoms with Gasteiger partial charge >= 0.3 is 0 Å². The number of aromatic nitrogens is 2. The largest absolute Gasteiger partial charge is 0.352 e. The van der Waals surface area contributed by atoms with E-state index in [4.69, 9.17) is 0 Å². The summed E-state index contributed by atoms with van der Waals surface area (Å²) in [7, 11) is 0. The number of halogens is 1. The lowest BCUT2D eigenvalue weighted by Crippen LogP contribution is -2.24. The molecule has 17 heavy (non-hydrogen) atoms. The molecule has 0 radical (unpaired) electrons. The summed E-state index contributed by atoms with van der Waals surface area (Å²) in [6.45, 7) is 1.50. The third-order valence-corrected chi connectivity index (χ3v) is 4.03. The number of hydrogen-bond acceptors (Lipinski definition) is 3. The van der Waals surface area contributed by atoms with Crippen LogP contribution in [0.4, 0.5) is 0 Å². The smallest absolute Gasteiger partial charge is 0.252 e. The van der Waals surface area contributed by atoms with Gasteiger partial charge < -0.3 is 5.32 Å². The Bertz CT molecular complexity index is 481. The monoisotopic (exact) mass is 361 g/mol. The second-order valence-corrected chi connectivity index (χ2v) is 6.32. The first kappa shape index (κ1) is 12.6. The maximum absolute atomic E-state index is 11.7. The van der Waals surface area contributed by atoms with Crippen molar-refractivity contribution in [1.82, 2.24) is 15.1 Å². The Morgan fingerprint density at radius 3 is 3.12 bits per heavy atom. The summed E-state index contributed by atoms with van der Waals surface area (Å²) in [4.78, 5) is 11.7. The van der Waals surface area contributed by atoms with Crippen LogP contribution in [0.15, 0.2) is 29.9 Å². The van der Waals surface area contributed by atoms with Gasteiger partial charge in [-0.1, -0.05) is 0 Å². The predicted molar refractivity (Wildman–Crippen MR) is 76.2 cm³/mol. The Labute approximate surface area is 117 Å². The highest BCUT2D eigenvalue weighted by molar-refractivity contribution is 14.1. The summed E-state index contributed by atoms with van der Waals surface area (Å²) in [5.74, 6) is 0.00429. The number of nitrogens with one attached hydrogen (secondary N) is 1. The standard InChI is InChI=1S/C11H12IN3OS/c12-10-7-9(8-17-10)11(16)13-3-1-5-15-6-2-4-14-15/h2,4,6-8H,1,3,5H2,(H,13,16). The van der Waals surface area contributed by atoms with E-state index in [1.165, 1.54) is 0 Å². The summed E-state index contributed by atoms with van der Waals surface area (Å²) in [5, 5.41) is 8.88. The van der Waals surface area contributed by atoms with Crippen LogP contribution in [0, 0.1) is 2.88 Å². The van der Waals surface area contributed by atoms with Crippen molar-refractivity contribution in [2.75, 3.05) is 6.54 Å². The molecule has 2 heterocycles. The van der Waals surface area contributed by atoms with E-state index in [0.717, 1.165) is 21.4 Å². The molecule has 0 atom stereocenters. The Hall–Kier alpha value is -0.890. The van der Waals surface area contributed by atoms with Gasteiger partial charge in [0.15, 0.2) is 0 Å². The molecule has 0 aromatic carbocycles. The van der Waals surface area contributed by atoms with Crippen molar-refractivity contribution in [3.8, 4) is 0 Å². The van der Waals surface area contributed by atoms with Gasteiger partial charge in [-0.15, -0.1) is 11.3 Å². The molecule has 90 valence electrons. The zero-order chi connectivity index (χ0) is 12.1. The van der Waals surface area contributed by atoms with Crippen molar-refractivity contribution in [3.63, 3.8) is 0 Å². The third-order valence-electron chi connectivity index (χ3n) is 2.24. The molecule has 2 rings (SSSR count). The number of aryl methyl sites for hydroxylation is 1. The number of rotatable bonds is 5. The first-order valence-electron chi connectivity index (χ1n) is 5.25. The van der Waals surface area contributed by atoms with Gasteiger partial charge in [-0.05, 0) is 41.1 Å². The molecule has 0 saturated carbocycles. The minimum absolute atomic E-state index is 0.00429.